The molecule has 1 aromatic heterocycles. The van der Waals surface area contributed by atoms with E-state index in [2.05, 4.69) is 10.3 Å². The van der Waals surface area contributed by atoms with Gasteiger partial charge >= 0.3 is 0 Å². The van der Waals surface area contributed by atoms with E-state index in [0.717, 1.165) is 19.4 Å². The number of hydrogen-bond donors (Lipinski definition) is 2. The molecular weight excluding hydrogens is 311 g/mol. The van der Waals surface area contributed by atoms with Crippen molar-refractivity contribution in [2.24, 2.45) is 5.41 Å². The number of hydrogen-bond acceptors (Lipinski definition) is 5. The molecule has 1 aliphatic rings. The second-order valence-electron chi connectivity index (χ2n) is 6.05. The van der Waals surface area contributed by atoms with Gasteiger partial charge in [0.2, 0.25) is 0 Å². The van der Waals surface area contributed by atoms with Crippen LogP contribution in [-0.2, 0) is 0 Å². The van der Waals surface area contributed by atoms with Crippen molar-refractivity contribution in [2.75, 3.05) is 26.3 Å². The number of halogens is 1. The third-order valence-electron chi connectivity index (χ3n) is 4.04. The molecule has 2 aromatic rings. The molecule has 0 spiro atoms. The van der Waals surface area contributed by atoms with Crippen LogP contribution in [0.2, 0.25) is 0 Å². The van der Waals surface area contributed by atoms with E-state index >= 15 is 0 Å². The first-order valence-corrected chi connectivity index (χ1v) is 8.04. The molecule has 128 valence electrons. The van der Waals surface area contributed by atoms with Crippen molar-refractivity contribution < 1.29 is 19.0 Å². The second-order valence-corrected chi connectivity index (χ2v) is 6.05. The predicted molar refractivity (Wildman–Crippen MR) is 87.8 cm³/mol. The van der Waals surface area contributed by atoms with Crippen molar-refractivity contribution in [1.82, 2.24) is 10.3 Å². The molecule has 2 N–H and O–H groups in total. The van der Waals surface area contributed by atoms with Gasteiger partial charge in [-0.15, -0.1) is 0 Å². The van der Waals surface area contributed by atoms with Crippen LogP contribution in [-0.4, -0.2) is 36.4 Å². The Labute approximate surface area is 140 Å². The van der Waals surface area contributed by atoms with Crippen molar-refractivity contribution >= 4 is 0 Å². The second kappa shape index (κ2) is 7.59. The first-order chi connectivity index (χ1) is 11.7. The lowest BCUT2D eigenvalue weighted by Gasteiger charge is -2.18. The van der Waals surface area contributed by atoms with Gasteiger partial charge in [0.05, 0.1) is 13.2 Å². The molecule has 1 aromatic carbocycles. The number of aromatic nitrogens is 1. The highest BCUT2D eigenvalue weighted by atomic mass is 19.1. The van der Waals surface area contributed by atoms with Crippen molar-refractivity contribution in [3.8, 4) is 17.4 Å². The molecule has 0 amide bonds. The van der Waals surface area contributed by atoms with Crippen LogP contribution in [0.15, 0.2) is 42.6 Å². The van der Waals surface area contributed by atoms with Gasteiger partial charge in [-0.05, 0) is 49.2 Å². The van der Waals surface area contributed by atoms with Crippen molar-refractivity contribution in [3.05, 3.63) is 48.4 Å². The van der Waals surface area contributed by atoms with E-state index in [0.29, 0.717) is 30.5 Å². The number of nitrogens with zero attached hydrogens (tertiary/aromatic N) is 1. The van der Waals surface area contributed by atoms with Crippen LogP contribution in [0.25, 0.3) is 0 Å². The van der Waals surface area contributed by atoms with Gasteiger partial charge in [0.25, 0.3) is 5.88 Å². The Morgan fingerprint density at radius 2 is 2.00 bits per heavy atom. The molecular formula is C18H21FN2O3. The van der Waals surface area contributed by atoms with Crippen LogP contribution in [0.3, 0.4) is 0 Å². The zero-order valence-electron chi connectivity index (χ0n) is 13.4. The third kappa shape index (κ3) is 4.43. The summed E-state index contributed by atoms with van der Waals surface area (Å²) in [7, 11) is 0. The molecule has 5 nitrogen and oxygen atoms in total. The monoisotopic (exact) mass is 332 g/mol. The Bertz CT molecular complexity index is 660. The summed E-state index contributed by atoms with van der Waals surface area (Å²) in [5, 5.41) is 12.1. The van der Waals surface area contributed by atoms with Crippen LogP contribution < -0.4 is 14.8 Å². The number of aliphatic hydroxyl groups excluding tert-OH is 1. The molecule has 1 fully saturated rings. The molecule has 6 heteroatoms. The summed E-state index contributed by atoms with van der Waals surface area (Å²) in [6.45, 7) is 2.11. The fourth-order valence-corrected chi connectivity index (χ4v) is 2.39. The quantitative estimate of drug-likeness (QED) is 0.691. The topological polar surface area (TPSA) is 63.6 Å². The van der Waals surface area contributed by atoms with E-state index < -0.39 is 0 Å². The summed E-state index contributed by atoms with van der Waals surface area (Å²) >= 11 is 0. The zero-order valence-corrected chi connectivity index (χ0v) is 13.4. The summed E-state index contributed by atoms with van der Waals surface area (Å²) in [5.74, 6) is 1.12. The van der Waals surface area contributed by atoms with Crippen molar-refractivity contribution in [3.63, 3.8) is 0 Å². The van der Waals surface area contributed by atoms with Crippen LogP contribution in [0.4, 0.5) is 4.39 Å². The average Bonchev–Trinajstić information content (AvgIpc) is 3.37. The van der Waals surface area contributed by atoms with Gasteiger partial charge in [-0.1, -0.05) is 0 Å². The Hall–Kier alpha value is -2.18. The van der Waals surface area contributed by atoms with E-state index in [1.54, 1.807) is 24.4 Å². The smallest absolute Gasteiger partial charge is 0.262 e. The van der Waals surface area contributed by atoms with Gasteiger partial charge in [-0.2, -0.15) is 0 Å². The number of rotatable bonds is 9. The van der Waals surface area contributed by atoms with Crippen molar-refractivity contribution in [2.45, 2.75) is 12.8 Å². The molecule has 0 atom stereocenters. The van der Waals surface area contributed by atoms with Crippen molar-refractivity contribution in [1.29, 1.82) is 0 Å². The maximum absolute atomic E-state index is 13.0. The van der Waals surface area contributed by atoms with Crippen LogP contribution in [0.1, 0.15) is 12.8 Å². The SMILES string of the molecule is OCCNCC1(COc2cccnc2Oc2ccc(F)cc2)CC1. The number of nitrogens with one attached hydrogen (secondary N) is 1. The van der Waals surface area contributed by atoms with Gasteiger partial charge in [0.1, 0.15) is 11.6 Å². The lowest BCUT2D eigenvalue weighted by Crippen LogP contribution is -2.30. The normalized spacial score (nSPS) is 15.1. The molecule has 0 unspecified atom stereocenters. The van der Waals surface area contributed by atoms with E-state index in [1.807, 2.05) is 6.07 Å². The molecule has 3 rings (SSSR count). The Kier molecular flexibility index (Phi) is 5.27. The van der Waals surface area contributed by atoms with E-state index in [4.69, 9.17) is 14.6 Å². The molecule has 0 saturated heterocycles. The van der Waals surface area contributed by atoms with Gasteiger partial charge in [0, 0.05) is 24.7 Å². The highest BCUT2D eigenvalue weighted by Crippen LogP contribution is 2.45. The number of aliphatic hydroxyl groups is 1. The average molecular weight is 332 g/mol. The lowest BCUT2D eigenvalue weighted by molar-refractivity contribution is 0.215. The van der Waals surface area contributed by atoms with Gasteiger partial charge in [-0.25, -0.2) is 9.37 Å². The minimum Gasteiger partial charge on any atom is -0.487 e. The summed E-state index contributed by atoms with van der Waals surface area (Å²) in [5.41, 5.74) is 0.123. The standard InChI is InChI=1S/C18H21FN2O3/c19-14-3-5-15(6-4-14)24-17-16(2-1-9-21-17)23-13-18(7-8-18)12-20-10-11-22/h1-6,9,20,22H,7-8,10-13H2. The third-order valence-corrected chi connectivity index (χ3v) is 4.04. The summed E-state index contributed by atoms with van der Waals surface area (Å²) < 4.78 is 24.6. The highest BCUT2D eigenvalue weighted by molar-refractivity contribution is 5.37. The Morgan fingerprint density at radius 1 is 1.21 bits per heavy atom. The minimum atomic E-state index is -0.314. The minimum absolute atomic E-state index is 0.123. The fourth-order valence-electron chi connectivity index (χ4n) is 2.39. The molecule has 1 aliphatic carbocycles. The maximum Gasteiger partial charge on any atom is 0.262 e. The predicted octanol–water partition coefficient (Wildman–Crippen LogP) is 2.75. The molecule has 1 saturated carbocycles. The Morgan fingerprint density at radius 3 is 2.71 bits per heavy atom. The van der Waals surface area contributed by atoms with Gasteiger partial charge < -0.3 is 19.9 Å². The largest absolute Gasteiger partial charge is 0.487 e. The molecule has 1 heterocycles. The fraction of sp³-hybridized carbons (Fsp3) is 0.389. The molecule has 24 heavy (non-hydrogen) atoms. The number of ether oxygens (including phenoxy) is 2. The summed E-state index contributed by atoms with van der Waals surface area (Å²) in [4.78, 5) is 4.20. The number of benzene rings is 1. The first-order valence-electron chi connectivity index (χ1n) is 8.04. The lowest BCUT2D eigenvalue weighted by atomic mass is 10.1. The van der Waals surface area contributed by atoms with Crippen LogP contribution in [0.5, 0.6) is 17.4 Å². The molecule has 0 aliphatic heterocycles. The summed E-state index contributed by atoms with van der Waals surface area (Å²) in [6, 6.07) is 9.37. The van der Waals surface area contributed by atoms with E-state index in [1.165, 1.54) is 12.1 Å². The zero-order chi connectivity index (χ0) is 16.8. The first kappa shape index (κ1) is 16.7. The number of pyridine rings is 1. The summed E-state index contributed by atoms with van der Waals surface area (Å²) in [6.07, 6.45) is 3.82. The molecule has 0 radical (unpaired) electrons. The van der Waals surface area contributed by atoms with Crippen LogP contribution >= 0.6 is 0 Å². The Balaban J connectivity index is 1.61. The van der Waals surface area contributed by atoms with Crippen LogP contribution in [0, 0.1) is 11.2 Å². The van der Waals surface area contributed by atoms with Gasteiger partial charge in [0.15, 0.2) is 5.75 Å². The van der Waals surface area contributed by atoms with E-state index in [-0.39, 0.29) is 17.8 Å². The van der Waals surface area contributed by atoms with E-state index in [9.17, 15) is 4.39 Å². The highest BCUT2D eigenvalue weighted by Gasteiger charge is 2.43. The maximum atomic E-state index is 13.0. The molecule has 0 bridgehead atoms. The van der Waals surface area contributed by atoms with Gasteiger partial charge in [-0.3, -0.25) is 0 Å².